The van der Waals surface area contributed by atoms with Crippen molar-refractivity contribution in [1.82, 2.24) is 9.97 Å². The number of aromatic nitrogens is 2. The van der Waals surface area contributed by atoms with Crippen LogP contribution in [-0.4, -0.2) is 9.97 Å². The molecule has 246 valence electrons. The molecule has 0 aliphatic carbocycles. The van der Waals surface area contributed by atoms with E-state index in [1.807, 2.05) is 22.7 Å². The molecule has 0 saturated heterocycles. The van der Waals surface area contributed by atoms with E-state index >= 15 is 0 Å². The van der Waals surface area contributed by atoms with Crippen LogP contribution in [0, 0.1) is 0 Å². The molecule has 0 N–H and O–H groups in total. The molecule has 0 amide bonds. The summed E-state index contributed by atoms with van der Waals surface area (Å²) in [6, 6.07) is 59.3. The first-order valence-corrected chi connectivity index (χ1v) is 19.5. The van der Waals surface area contributed by atoms with Crippen LogP contribution in [0.4, 0.5) is 17.3 Å². The van der Waals surface area contributed by atoms with Gasteiger partial charge in [-0.15, -0.1) is 22.7 Å². The smallest absolute Gasteiger partial charge is 0.235 e. The predicted molar refractivity (Wildman–Crippen MR) is 227 cm³/mol. The van der Waals surface area contributed by atoms with E-state index in [0.29, 0.717) is 5.95 Å². The molecule has 0 fully saturated rings. The summed E-state index contributed by atoms with van der Waals surface area (Å²) in [7, 11) is 0. The van der Waals surface area contributed by atoms with E-state index in [1.54, 1.807) is 0 Å². The summed E-state index contributed by atoms with van der Waals surface area (Å²) in [5.41, 5.74) is 10.0. The number of nitrogens with zero attached hydrogens (tertiary/aromatic N) is 3. The number of hydrogen-bond donors (Lipinski definition) is 0. The Morgan fingerprint density at radius 3 is 1.98 bits per heavy atom. The van der Waals surface area contributed by atoms with E-state index < -0.39 is 0 Å². The van der Waals surface area contributed by atoms with Crippen molar-refractivity contribution in [3.05, 3.63) is 164 Å². The minimum Gasteiger partial charge on any atom is -0.278 e. The van der Waals surface area contributed by atoms with Crippen LogP contribution >= 0.6 is 22.7 Å². The zero-order valence-corrected chi connectivity index (χ0v) is 29.9. The van der Waals surface area contributed by atoms with E-state index in [2.05, 4.69) is 169 Å². The van der Waals surface area contributed by atoms with E-state index in [9.17, 15) is 0 Å². The highest BCUT2D eigenvalue weighted by Crippen LogP contribution is 2.55. The van der Waals surface area contributed by atoms with Gasteiger partial charge in [-0.05, 0) is 64.5 Å². The third-order valence-electron chi connectivity index (χ3n) is 10.8. The Kier molecular flexibility index (Phi) is 6.09. The summed E-state index contributed by atoms with van der Waals surface area (Å²) in [6.45, 7) is 0. The molecular formula is C48H27N3S2. The second kappa shape index (κ2) is 11.1. The normalized spacial score (nSPS) is 12.5. The molecule has 0 spiro atoms. The monoisotopic (exact) mass is 709 g/mol. The molecule has 8 aromatic carbocycles. The van der Waals surface area contributed by atoms with Gasteiger partial charge in [0.2, 0.25) is 5.95 Å². The Labute approximate surface area is 312 Å². The number of benzene rings is 8. The van der Waals surface area contributed by atoms with Crippen molar-refractivity contribution in [2.75, 3.05) is 4.90 Å². The van der Waals surface area contributed by atoms with Gasteiger partial charge in [-0.25, -0.2) is 9.97 Å². The number of thiophene rings is 2. The predicted octanol–water partition coefficient (Wildman–Crippen LogP) is 14.3. The third kappa shape index (κ3) is 4.20. The van der Waals surface area contributed by atoms with E-state index in [4.69, 9.17) is 9.97 Å². The summed E-state index contributed by atoms with van der Waals surface area (Å²) >= 11 is 3.69. The van der Waals surface area contributed by atoms with Crippen molar-refractivity contribution in [1.29, 1.82) is 0 Å². The highest BCUT2D eigenvalue weighted by molar-refractivity contribution is 7.26. The Morgan fingerprint density at radius 1 is 0.396 bits per heavy atom. The molecule has 4 heterocycles. The Hall–Kier alpha value is -6.40. The molecule has 0 bridgehead atoms. The molecule has 12 rings (SSSR count). The number of rotatable bonds is 3. The van der Waals surface area contributed by atoms with E-state index in [1.165, 1.54) is 73.4 Å². The molecule has 0 atom stereocenters. The lowest BCUT2D eigenvalue weighted by molar-refractivity contribution is 1.12. The van der Waals surface area contributed by atoms with Crippen molar-refractivity contribution < 1.29 is 0 Å². The molecule has 53 heavy (non-hydrogen) atoms. The third-order valence-corrected chi connectivity index (χ3v) is 13.1. The van der Waals surface area contributed by atoms with Crippen LogP contribution in [0.2, 0.25) is 0 Å². The standard InChI is InChI=1S/C48H27N3S2/c1-2-13-28(14-3-1)29-25-36-30-15-5-9-22-39(30)51(40-27-43-45(37(26-29)44(36)40)34-18-7-11-24-42(34)52-43)48-49-38-21-8-4-17-33(38)46(50-48)35-20-12-19-32-31-16-6-10-23-41(31)53-47(32)35/h1-27H. The van der Waals surface area contributed by atoms with Gasteiger partial charge >= 0.3 is 0 Å². The van der Waals surface area contributed by atoms with Gasteiger partial charge in [0.05, 0.1) is 22.6 Å². The molecule has 5 heteroatoms. The topological polar surface area (TPSA) is 29.0 Å². The van der Waals surface area contributed by atoms with Crippen LogP contribution in [0.25, 0.3) is 95.5 Å². The quantitative estimate of drug-likeness (QED) is 0.183. The van der Waals surface area contributed by atoms with Gasteiger partial charge in [-0.3, -0.25) is 4.90 Å². The van der Waals surface area contributed by atoms with Crippen LogP contribution < -0.4 is 4.90 Å². The average molecular weight is 710 g/mol. The van der Waals surface area contributed by atoms with Crippen molar-refractivity contribution >= 4 is 102 Å². The summed E-state index contributed by atoms with van der Waals surface area (Å²) in [5, 5.41) is 8.66. The molecule has 11 aromatic rings. The van der Waals surface area contributed by atoms with E-state index in [-0.39, 0.29) is 0 Å². The van der Waals surface area contributed by atoms with Crippen molar-refractivity contribution in [3.63, 3.8) is 0 Å². The lowest BCUT2D eigenvalue weighted by Gasteiger charge is -2.33. The minimum atomic E-state index is 0.670. The molecule has 1 aliphatic rings. The summed E-state index contributed by atoms with van der Waals surface area (Å²) in [5.74, 6) is 0.670. The number of hydrogen-bond acceptors (Lipinski definition) is 5. The molecule has 0 unspecified atom stereocenters. The first-order chi connectivity index (χ1) is 26.3. The van der Waals surface area contributed by atoms with Gasteiger partial charge in [0, 0.05) is 62.2 Å². The van der Waals surface area contributed by atoms with Gasteiger partial charge in [-0.1, -0.05) is 121 Å². The summed E-state index contributed by atoms with van der Waals surface area (Å²) in [4.78, 5) is 13.3. The molecule has 3 aromatic heterocycles. The summed E-state index contributed by atoms with van der Waals surface area (Å²) in [6.07, 6.45) is 0. The molecule has 0 radical (unpaired) electrons. The van der Waals surface area contributed by atoms with Gasteiger partial charge in [0.15, 0.2) is 0 Å². The second-order valence-corrected chi connectivity index (χ2v) is 15.8. The van der Waals surface area contributed by atoms with Crippen LogP contribution in [0.1, 0.15) is 0 Å². The van der Waals surface area contributed by atoms with Crippen LogP contribution in [0.5, 0.6) is 0 Å². The molecule has 1 aliphatic heterocycles. The fourth-order valence-corrected chi connectivity index (χ4v) is 10.9. The van der Waals surface area contributed by atoms with Gasteiger partial charge in [0.1, 0.15) is 0 Å². The fraction of sp³-hybridized carbons (Fsp3) is 0. The second-order valence-electron chi connectivity index (χ2n) is 13.7. The van der Waals surface area contributed by atoms with E-state index in [0.717, 1.165) is 33.5 Å². The Morgan fingerprint density at radius 2 is 1.09 bits per heavy atom. The first-order valence-electron chi connectivity index (χ1n) is 17.8. The lowest BCUT2D eigenvalue weighted by Crippen LogP contribution is -2.18. The highest BCUT2D eigenvalue weighted by atomic mass is 32.1. The van der Waals surface area contributed by atoms with Crippen LogP contribution in [0.15, 0.2) is 164 Å². The molecular weight excluding hydrogens is 683 g/mol. The Balaban J connectivity index is 1.20. The zero-order valence-electron chi connectivity index (χ0n) is 28.2. The van der Waals surface area contributed by atoms with Crippen LogP contribution in [0.3, 0.4) is 0 Å². The largest absolute Gasteiger partial charge is 0.278 e. The number of fused-ring (bicyclic) bond motifs is 10. The maximum Gasteiger partial charge on any atom is 0.235 e. The van der Waals surface area contributed by atoms with Gasteiger partial charge < -0.3 is 0 Å². The summed E-state index contributed by atoms with van der Waals surface area (Å²) < 4.78 is 5.07. The Bertz CT molecular complexity index is 3300. The zero-order chi connectivity index (χ0) is 34.6. The number of para-hydroxylation sites is 2. The van der Waals surface area contributed by atoms with Crippen molar-refractivity contribution in [3.8, 4) is 33.5 Å². The average Bonchev–Trinajstić information content (AvgIpc) is 3.79. The van der Waals surface area contributed by atoms with Gasteiger partial charge in [0.25, 0.3) is 0 Å². The van der Waals surface area contributed by atoms with Crippen molar-refractivity contribution in [2.24, 2.45) is 0 Å². The first kappa shape index (κ1) is 29.2. The van der Waals surface area contributed by atoms with Crippen LogP contribution in [-0.2, 0) is 0 Å². The SMILES string of the molecule is c1ccc(-c2cc3c4c(cc5sc6ccccc6c5c4c2)N(c2nc(-c4cccc5c4sc4ccccc45)c4ccccc4n2)c2ccccc2-3)cc1. The minimum absolute atomic E-state index is 0.670. The lowest BCUT2D eigenvalue weighted by atomic mass is 9.87. The maximum atomic E-state index is 5.59. The number of anilines is 3. The molecule has 0 saturated carbocycles. The molecule has 3 nitrogen and oxygen atoms in total. The highest BCUT2D eigenvalue weighted by Gasteiger charge is 2.31. The maximum absolute atomic E-state index is 5.59. The van der Waals surface area contributed by atoms with Crippen molar-refractivity contribution in [2.45, 2.75) is 0 Å². The fourth-order valence-electron chi connectivity index (χ4n) is 8.49. The van der Waals surface area contributed by atoms with Gasteiger partial charge in [-0.2, -0.15) is 0 Å².